The van der Waals surface area contributed by atoms with Gasteiger partial charge in [0.05, 0.1) is 93.2 Å². The van der Waals surface area contributed by atoms with Crippen molar-refractivity contribution in [1.29, 1.82) is 0 Å². The average Bonchev–Trinajstić information content (AvgIpc) is 1.67. The van der Waals surface area contributed by atoms with Gasteiger partial charge in [-0.1, -0.05) is 36.2 Å². The molecule has 0 atom stereocenters. The van der Waals surface area contributed by atoms with Crippen LogP contribution < -0.4 is 49.7 Å². The number of halogens is 1. The van der Waals surface area contributed by atoms with Gasteiger partial charge in [0.1, 0.15) is 38.4 Å². The van der Waals surface area contributed by atoms with Crippen LogP contribution in [0.3, 0.4) is 0 Å². The number of methoxy groups -OCH3 is 7. The number of phenolic OH excluding ortho intramolecular Hbond substituents is 4. The Morgan fingerprint density at radius 2 is 0.813 bits per heavy atom. The van der Waals surface area contributed by atoms with Gasteiger partial charge < -0.3 is 58.9 Å². The van der Waals surface area contributed by atoms with E-state index in [1.807, 2.05) is 32.9 Å². The second-order valence-electron chi connectivity index (χ2n) is 21.7. The number of nitrogens with zero attached hydrogens (tertiary/aromatic N) is 8. The molecule has 8 aromatic carbocycles. The summed E-state index contributed by atoms with van der Waals surface area (Å²) in [6.45, 7) is 8.60. The van der Waals surface area contributed by atoms with Crippen LogP contribution >= 0.6 is 34.3 Å². The molecule has 2 amide bonds. The third-order valence-corrected chi connectivity index (χ3v) is 17.3. The molecule has 2 aromatic heterocycles. The molecule has 107 heavy (non-hydrogen) atoms. The fraction of sp³-hybridized carbons (Fsp3) is 0.200. The van der Waals surface area contributed by atoms with Crippen molar-refractivity contribution in [2.45, 2.75) is 42.0 Å². The van der Waals surface area contributed by atoms with E-state index < -0.39 is 48.9 Å². The van der Waals surface area contributed by atoms with Crippen molar-refractivity contribution in [3.8, 4) is 106 Å². The van der Waals surface area contributed by atoms with Crippen LogP contribution in [0.1, 0.15) is 76.7 Å². The molecule has 10 aromatic rings. The first-order valence-electron chi connectivity index (χ1n) is 30.2. The van der Waals surface area contributed by atoms with Crippen molar-refractivity contribution in [1.82, 2.24) is 31.1 Å². The first kappa shape index (κ1) is 84.5. The maximum Gasteiger partial charge on any atom is 0.283 e. The number of hydrazine groups is 1. The Bertz CT molecular complexity index is 5000. The van der Waals surface area contributed by atoms with Gasteiger partial charge in [-0.15, -0.1) is 20.4 Å². The van der Waals surface area contributed by atoms with Crippen molar-refractivity contribution >= 4 is 79.9 Å². The molecule has 562 valence electrons. The predicted octanol–water partition coefficient (Wildman–Crippen LogP) is 13.1. The summed E-state index contributed by atoms with van der Waals surface area (Å²) in [6.07, 6.45) is 0. The lowest BCUT2D eigenvalue weighted by Crippen LogP contribution is -2.30. The quantitative estimate of drug-likeness (QED) is 0.00668. The maximum atomic E-state index is 12.4. The summed E-state index contributed by atoms with van der Waals surface area (Å²) in [4.78, 5) is 88.9. The standard InChI is InChI=1S/C19H20N2O7.C18H17N3O4S.C14H9N3O6S.C9H8ClNO4.C9H12N2O2.CH4/c1-11-7-14(21(24)25)13(9-17(11)27-3)19(23)20-10-15(22)12-5-6-16(26-2)18(8-12)28-4;1-10-7-13(14(21(22)23)8-11(10)2)18-20-19-17(26-18)12-5-6-15(24-3)16(9-12)25-4;18-9-2-1-6(3-10(9)19)13-15-16-14(24-13)7-4-11(20)12(21)5-8(7)17(22)23;1-5-3-7(11(13)14)6(9(10)12)4-8(5)15-2;1-6-3-4-7(9(12)11-10)5-8(6)13-2;/h5-9H,10H2,1-4H3,(H,20,23);5-9H,1-4H3;1-5,18-21H;3-4H,1-2H3;3-5H,10H2,1-2H3,(H,11,12);1H4. The lowest BCUT2D eigenvalue weighted by Gasteiger charge is -2.11. The molecular formula is C70H70ClN11O23S2. The van der Waals surface area contributed by atoms with Gasteiger partial charge in [0.25, 0.3) is 39.8 Å². The molecule has 0 saturated heterocycles. The second-order valence-corrected chi connectivity index (χ2v) is 24.0. The second kappa shape index (κ2) is 38.4. The van der Waals surface area contributed by atoms with E-state index in [1.54, 1.807) is 77.6 Å². The SMILES string of the molecule is C.COc1cc(C(=O)Cl)c([N+](=O)[O-])cc1C.COc1cc(C(=O)NCC(=O)c2ccc(OC)c(OC)c2)c([N+](=O)[O-])cc1C.COc1cc(C(=O)NN)ccc1C.COc1ccc(-c2nnc(-c3cc(C)c(C)cc3[N+](=O)[O-])s2)cc1OC.O=[N+]([O-])c1cc(O)c(O)cc1-c1nnc(-c2ccc(O)c(O)c2)s1. The highest BCUT2D eigenvalue weighted by Gasteiger charge is 2.27. The van der Waals surface area contributed by atoms with Crippen LogP contribution in [0.2, 0.25) is 0 Å². The largest absolute Gasteiger partial charge is 0.504 e. The number of carbonyl (C=O) groups is 4. The third kappa shape index (κ3) is 21.2. The molecule has 2 heterocycles. The maximum absolute atomic E-state index is 12.4. The van der Waals surface area contributed by atoms with Gasteiger partial charge in [0, 0.05) is 52.6 Å². The Hall–Kier alpha value is -13.2. The number of rotatable bonds is 21. The molecule has 0 spiro atoms. The molecule has 0 aliphatic rings. The molecule has 0 aliphatic heterocycles. The first-order valence-corrected chi connectivity index (χ1v) is 32.2. The lowest BCUT2D eigenvalue weighted by molar-refractivity contribution is -0.385. The van der Waals surface area contributed by atoms with E-state index in [1.165, 1.54) is 94.4 Å². The van der Waals surface area contributed by atoms with Crippen molar-refractivity contribution < 1.29 is 92.5 Å². The minimum absolute atomic E-state index is 0. The number of carbonyl (C=O) groups excluding carboxylic acids is 4. The number of benzene rings is 8. The van der Waals surface area contributed by atoms with Crippen molar-refractivity contribution in [3.63, 3.8) is 0 Å². The normalized spacial score (nSPS) is 10.1. The summed E-state index contributed by atoms with van der Waals surface area (Å²) in [5, 5.41) is 102. The fourth-order valence-electron chi connectivity index (χ4n) is 9.37. The molecule has 10 rings (SSSR count). The van der Waals surface area contributed by atoms with Gasteiger partial charge in [-0.05, 0) is 153 Å². The number of nitrogen functional groups attached to an aromatic ring is 1. The molecule has 0 unspecified atom stereocenters. The predicted molar refractivity (Wildman–Crippen MR) is 395 cm³/mol. The van der Waals surface area contributed by atoms with E-state index in [0.29, 0.717) is 88.7 Å². The van der Waals surface area contributed by atoms with Gasteiger partial charge in [-0.3, -0.25) is 65.1 Å². The number of ether oxygens (including phenoxy) is 7. The van der Waals surface area contributed by atoms with Gasteiger partial charge in [0.2, 0.25) is 0 Å². The number of ketones is 1. The van der Waals surface area contributed by atoms with Crippen LogP contribution in [0, 0.1) is 75.1 Å². The number of aryl methyl sites for hydroxylation is 5. The monoisotopic (exact) mass is 1530 g/mol. The van der Waals surface area contributed by atoms with Crippen LogP contribution in [-0.4, -0.2) is 140 Å². The number of hydrogen-bond donors (Lipinski definition) is 7. The molecule has 37 heteroatoms. The number of nitrogens with one attached hydrogen (secondary N) is 2. The highest BCUT2D eigenvalue weighted by atomic mass is 35.5. The molecule has 0 radical (unpaired) electrons. The molecular weight excluding hydrogens is 1460 g/mol. The zero-order valence-electron chi connectivity index (χ0n) is 58.1. The summed E-state index contributed by atoms with van der Waals surface area (Å²) in [6, 6.07) is 29.5. The zero-order chi connectivity index (χ0) is 78.5. The molecule has 0 fully saturated rings. The zero-order valence-corrected chi connectivity index (χ0v) is 60.5. The Morgan fingerprint density at radius 3 is 1.31 bits per heavy atom. The van der Waals surface area contributed by atoms with Gasteiger partial charge in [0.15, 0.2) is 61.8 Å². The Labute approximate surface area is 622 Å². The van der Waals surface area contributed by atoms with Crippen LogP contribution in [-0.2, 0) is 0 Å². The van der Waals surface area contributed by atoms with E-state index in [-0.39, 0.29) is 75.1 Å². The molecule has 0 bridgehead atoms. The van der Waals surface area contributed by atoms with Crippen LogP contribution in [0.15, 0.2) is 121 Å². The van der Waals surface area contributed by atoms with E-state index in [0.717, 1.165) is 45.7 Å². The summed E-state index contributed by atoms with van der Waals surface area (Å²) in [7, 11) is 10.4. The molecule has 0 aliphatic carbocycles. The Morgan fingerprint density at radius 1 is 0.421 bits per heavy atom. The summed E-state index contributed by atoms with van der Waals surface area (Å²) >= 11 is 7.52. The minimum atomic E-state index is -0.875. The molecule has 8 N–H and O–H groups in total. The van der Waals surface area contributed by atoms with Crippen molar-refractivity contribution in [3.05, 3.63) is 212 Å². The van der Waals surface area contributed by atoms with E-state index in [2.05, 4.69) is 31.1 Å². The van der Waals surface area contributed by atoms with Crippen molar-refractivity contribution in [2.24, 2.45) is 5.84 Å². The summed E-state index contributed by atoms with van der Waals surface area (Å²) in [5.74, 6) is 5.22. The third-order valence-electron chi connectivity index (χ3n) is 15.1. The summed E-state index contributed by atoms with van der Waals surface area (Å²) < 4.78 is 35.9. The molecule has 34 nitrogen and oxygen atoms in total. The number of nitro benzene ring substituents is 4. The number of aromatic nitrogens is 4. The highest BCUT2D eigenvalue weighted by Crippen LogP contribution is 2.43. The topological polar surface area (TPSA) is 488 Å². The number of amides is 2. The van der Waals surface area contributed by atoms with Crippen LogP contribution in [0.4, 0.5) is 22.7 Å². The smallest absolute Gasteiger partial charge is 0.283 e. The van der Waals surface area contributed by atoms with Crippen molar-refractivity contribution in [2.75, 3.05) is 56.3 Å². The van der Waals surface area contributed by atoms with Gasteiger partial charge in [-0.25, -0.2) is 5.84 Å². The Kier molecular flexibility index (Phi) is 30.3. The highest BCUT2D eigenvalue weighted by molar-refractivity contribution is 7.18. The lowest BCUT2D eigenvalue weighted by atomic mass is 10.0. The number of phenols is 4. The Balaban J connectivity index is 0.000000246. The first-order chi connectivity index (χ1) is 50.3. The summed E-state index contributed by atoms with van der Waals surface area (Å²) in [5.41, 5.74) is 7.07. The number of aromatic hydroxyl groups is 4. The number of nitrogens with two attached hydrogens (primary N) is 1. The van der Waals surface area contributed by atoms with Gasteiger partial charge in [-0.2, -0.15) is 0 Å². The van der Waals surface area contributed by atoms with E-state index in [9.17, 15) is 80.1 Å². The van der Waals surface area contributed by atoms with E-state index >= 15 is 0 Å². The minimum Gasteiger partial charge on any atom is -0.504 e. The average molecular weight is 1530 g/mol. The number of nitro groups is 4. The van der Waals surface area contributed by atoms with Crippen LogP contribution in [0.5, 0.6) is 63.2 Å². The van der Waals surface area contributed by atoms with Gasteiger partial charge >= 0.3 is 0 Å². The fourth-order valence-corrected chi connectivity index (χ4v) is 11.3. The van der Waals surface area contributed by atoms with Crippen LogP contribution in [0.25, 0.3) is 42.3 Å². The number of Topliss-reactive ketones (excluding diaryl/α,β-unsaturated/α-hetero) is 1. The number of hydrogen-bond acceptors (Lipinski definition) is 30. The van der Waals surface area contributed by atoms with E-state index in [4.69, 9.17) is 50.6 Å². The molecule has 0 saturated carbocycles.